The fourth-order valence-corrected chi connectivity index (χ4v) is 2.99. The molecular weight excluding hydrogens is 349 g/mol. The van der Waals surface area contributed by atoms with E-state index < -0.39 is 11.3 Å². The van der Waals surface area contributed by atoms with E-state index in [1.54, 1.807) is 12.1 Å². The van der Waals surface area contributed by atoms with Crippen LogP contribution in [0.4, 0.5) is 5.69 Å². The first-order valence-corrected chi connectivity index (χ1v) is 8.24. The van der Waals surface area contributed by atoms with Gasteiger partial charge in [0.15, 0.2) is 6.61 Å². The van der Waals surface area contributed by atoms with Gasteiger partial charge < -0.3 is 10.1 Å². The average Bonchev–Trinajstić information content (AvgIpc) is 3.38. The monoisotopic (exact) mass is 363 g/mol. The second kappa shape index (κ2) is 6.83. The van der Waals surface area contributed by atoms with Crippen molar-refractivity contribution in [3.8, 4) is 0 Å². The molecule has 24 heavy (non-hydrogen) atoms. The largest absolute Gasteiger partial charge is 0.455 e. The fraction of sp³-hybridized carbons (Fsp3) is 0.222. The highest BCUT2D eigenvalue weighted by Crippen LogP contribution is 2.49. The minimum atomic E-state index is -0.598. The second-order valence-corrected chi connectivity index (χ2v) is 6.54. The third-order valence-corrected chi connectivity index (χ3v) is 4.55. The average molecular weight is 364 g/mol. The summed E-state index contributed by atoms with van der Waals surface area (Å²) in [6.07, 6.45) is 1.47. The first kappa shape index (κ1) is 16.8. The third kappa shape index (κ3) is 3.55. The topological polar surface area (TPSA) is 55.4 Å². The van der Waals surface area contributed by atoms with Gasteiger partial charge in [-0.05, 0) is 36.6 Å². The number of esters is 1. The second-order valence-electron chi connectivity index (χ2n) is 5.70. The highest BCUT2D eigenvalue weighted by molar-refractivity contribution is 6.36. The van der Waals surface area contributed by atoms with Crippen LogP contribution in [-0.4, -0.2) is 18.5 Å². The molecule has 0 aromatic heterocycles. The van der Waals surface area contributed by atoms with Crippen molar-refractivity contribution in [3.05, 3.63) is 64.1 Å². The number of rotatable bonds is 5. The van der Waals surface area contributed by atoms with Crippen LogP contribution in [0.3, 0.4) is 0 Å². The van der Waals surface area contributed by atoms with E-state index in [1.165, 1.54) is 6.07 Å². The van der Waals surface area contributed by atoms with Crippen molar-refractivity contribution >= 4 is 40.8 Å². The summed E-state index contributed by atoms with van der Waals surface area (Å²) in [4.78, 5) is 24.3. The molecule has 6 heteroatoms. The van der Waals surface area contributed by atoms with Crippen LogP contribution in [-0.2, 0) is 19.7 Å². The maximum atomic E-state index is 12.4. The van der Waals surface area contributed by atoms with Gasteiger partial charge in [-0.1, -0.05) is 53.5 Å². The zero-order valence-corrected chi connectivity index (χ0v) is 14.2. The molecule has 1 N–H and O–H groups in total. The Bertz CT molecular complexity index is 773. The Kier molecular flexibility index (Phi) is 4.78. The Morgan fingerprint density at radius 2 is 1.79 bits per heavy atom. The standard InChI is InChI=1S/C18H15Cl2NO3/c19-13-6-7-15(14(20)10-13)21-16(22)11-24-17(23)18(8-9-18)12-4-2-1-3-5-12/h1-7,10H,8-9,11H2,(H,21,22). The zero-order valence-electron chi connectivity index (χ0n) is 12.7. The predicted octanol–water partition coefficient (Wildman–Crippen LogP) is 4.21. The van der Waals surface area contributed by atoms with Gasteiger partial charge in [-0.15, -0.1) is 0 Å². The molecule has 1 saturated carbocycles. The van der Waals surface area contributed by atoms with Gasteiger partial charge in [0.25, 0.3) is 5.91 Å². The van der Waals surface area contributed by atoms with Gasteiger partial charge in [0.1, 0.15) is 0 Å². The summed E-state index contributed by atoms with van der Waals surface area (Å²) < 4.78 is 5.20. The molecule has 124 valence electrons. The van der Waals surface area contributed by atoms with Crippen molar-refractivity contribution in [2.75, 3.05) is 11.9 Å². The van der Waals surface area contributed by atoms with E-state index in [4.69, 9.17) is 27.9 Å². The molecule has 0 bridgehead atoms. The molecule has 0 atom stereocenters. The summed E-state index contributed by atoms with van der Waals surface area (Å²) in [5.74, 6) is -0.817. The van der Waals surface area contributed by atoms with Gasteiger partial charge in [0.2, 0.25) is 0 Å². The SMILES string of the molecule is O=C(COC(=O)C1(c2ccccc2)CC1)Nc1ccc(Cl)cc1Cl. The number of hydrogen-bond donors (Lipinski definition) is 1. The molecule has 2 aromatic rings. The molecule has 0 unspecified atom stereocenters. The quantitative estimate of drug-likeness (QED) is 0.809. The van der Waals surface area contributed by atoms with Gasteiger partial charge in [-0.25, -0.2) is 0 Å². The van der Waals surface area contributed by atoms with Gasteiger partial charge in [-0.2, -0.15) is 0 Å². The molecule has 0 saturated heterocycles. The minimum absolute atomic E-state index is 0.324. The van der Waals surface area contributed by atoms with Gasteiger partial charge in [-0.3, -0.25) is 9.59 Å². The number of carbonyl (C=O) groups is 2. The minimum Gasteiger partial charge on any atom is -0.455 e. The summed E-state index contributed by atoms with van der Waals surface area (Å²) >= 11 is 11.8. The third-order valence-electron chi connectivity index (χ3n) is 4.01. The maximum absolute atomic E-state index is 12.4. The Balaban J connectivity index is 1.58. The fourth-order valence-electron chi connectivity index (χ4n) is 2.54. The smallest absolute Gasteiger partial charge is 0.317 e. The molecular formula is C18H15Cl2NO3. The first-order chi connectivity index (χ1) is 11.5. The molecule has 3 rings (SSSR count). The molecule has 2 aromatic carbocycles. The van der Waals surface area contributed by atoms with E-state index in [9.17, 15) is 9.59 Å². The number of benzene rings is 2. The molecule has 1 aliphatic carbocycles. The highest BCUT2D eigenvalue weighted by atomic mass is 35.5. The lowest BCUT2D eigenvalue weighted by atomic mass is 9.96. The number of carbonyl (C=O) groups excluding carboxylic acids is 2. The lowest BCUT2D eigenvalue weighted by Crippen LogP contribution is -2.28. The van der Waals surface area contributed by atoms with Crippen LogP contribution in [0.25, 0.3) is 0 Å². The molecule has 4 nitrogen and oxygen atoms in total. The Morgan fingerprint density at radius 3 is 2.42 bits per heavy atom. The van der Waals surface area contributed by atoms with Crippen molar-refractivity contribution in [1.82, 2.24) is 0 Å². The van der Waals surface area contributed by atoms with E-state index in [2.05, 4.69) is 5.32 Å². The van der Waals surface area contributed by atoms with Crippen molar-refractivity contribution in [3.63, 3.8) is 0 Å². The number of nitrogens with one attached hydrogen (secondary N) is 1. The molecule has 1 aliphatic rings. The molecule has 1 fully saturated rings. The summed E-state index contributed by atoms with van der Waals surface area (Å²) in [5.41, 5.74) is 0.752. The summed E-state index contributed by atoms with van der Waals surface area (Å²) in [5, 5.41) is 3.40. The molecule has 0 spiro atoms. The maximum Gasteiger partial charge on any atom is 0.317 e. The normalized spacial score (nSPS) is 14.8. The Morgan fingerprint density at radius 1 is 1.08 bits per heavy atom. The zero-order chi connectivity index (χ0) is 17.2. The van der Waals surface area contributed by atoms with E-state index in [-0.39, 0.29) is 12.6 Å². The van der Waals surface area contributed by atoms with Crippen LogP contribution in [0.15, 0.2) is 48.5 Å². The van der Waals surface area contributed by atoms with Gasteiger partial charge in [0, 0.05) is 5.02 Å². The molecule has 0 radical (unpaired) electrons. The molecule has 0 aliphatic heterocycles. The van der Waals surface area contributed by atoms with Crippen molar-refractivity contribution < 1.29 is 14.3 Å². The Labute approximate surface area is 149 Å². The van der Waals surface area contributed by atoms with Crippen LogP contribution >= 0.6 is 23.2 Å². The lowest BCUT2D eigenvalue weighted by molar-refractivity contribution is -0.150. The Hall–Kier alpha value is -2.04. The van der Waals surface area contributed by atoms with E-state index >= 15 is 0 Å². The number of amides is 1. The van der Waals surface area contributed by atoms with Crippen LogP contribution in [0.5, 0.6) is 0 Å². The predicted molar refractivity (Wildman–Crippen MR) is 93.4 cm³/mol. The number of anilines is 1. The van der Waals surface area contributed by atoms with Gasteiger partial charge >= 0.3 is 5.97 Å². The van der Waals surface area contributed by atoms with E-state index in [0.29, 0.717) is 15.7 Å². The van der Waals surface area contributed by atoms with Crippen LogP contribution in [0.1, 0.15) is 18.4 Å². The molecule has 1 amide bonds. The first-order valence-electron chi connectivity index (χ1n) is 7.49. The number of halogens is 2. The number of ether oxygens (including phenoxy) is 1. The van der Waals surface area contributed by atoms with E-state index in [1.807, 2.05) is 30.3 Å². The van der Waals surface area contributed by atoms with Gasteiger partial charge in [0.05, 0.1) is 16.1 Å². The highest BCUT2D eigenvalue weighted by Gasteiger charge is 2.52. The summed E-state index contributed by atoms with van der Waals surface area (Å²) in [6.45, 7) is -0.355. The molecule has 0 heterocycles. The lowest BCUT2D eigenvalue weighted by Gasteiger charge is -2.15. The van der Waals surface area contributed by atoms with Crippen molar-refractivity contribution in [1.29, 1.82) is 0 Å². The summed E-state index contributed by atoms with van der Waals surface area (Å²) in [6, 6.07) is 14.2. The van der Waals surface area contributed by atoms with Crippen LogP contribution < -0.4 is 5.32 Å². The van der Waals surface area contributed by atoms with E-state index in [0.717, 1.165) is 18.4 Å². The summed E-state index contributed by atoms with van der Waals surface area (Å²) in [7, 11) is 0. The van der Waals surface area contributed by atoms with Crippen molar-refractivity contribution in [2.45, 2.75) is 18.3 Å². The number of hydrogen-bond acceptors (Lipinski definition) is 3. The van der Waals surface area contributed by atoms with Crippen molar-refractivity contribution in [2.24, 2.45) is 0 Å². The van der Waals surface area contributed by atoms with Crippen LogP contribution in [0.2, 0.25) is 10.0 Å². The van der Waals surface area contributed by atoms with Crippen LogP contribution in [0, 0.1) is 0 Å².